The van der Waals surface area contributed by atoms with Gasteiger partial charge in [0.05, 0.1) is 28.3 Å². The molecule has 2 aliphatic heterocycles. The Morgan fingerprint density at radius 2 is 1.90 bits per heavy atom. The lowest BCUT2D eigenvalue weighted by molar-refractivity contribution is 0.0860. The number of nitrogens with one attached hydrogen (secondary N) is 1. The number of ether oxygens (including phenoxy) is 1. The Morgan fingerprint density at radius 1 is 1.20 bits per heavy atom. The topological polar surface area (TPSA) is 127 Å². The molecule has 0 unspecified atom stereocenters. The van der Waals surface area contributed by atoms with E-state index in [1.165, 1.54) is 24.3 Å². The molecule has 166 valence electrons. The number of hydrogen-bond acceptors (Lipinski definition) is 7. The van der Waals surface area contributed by atoms with Crippen molar-refractivity contribution in [3.63, 3.8) is 0 Å². The lowest BCUT2D eigenvalue weighted by Gasteiger charge is -2.31. The van der Waals surface area contributed by atoms with Gasteiger partial charge in [-0.05, 0) is 44.4 Å². The summed E-state index contributed by atoms with van der Waals surface area (Å²) in [5, 5.41) is 1.90. The summed E-state index contributed by atoms with van der Waals surface area (Å²) in [5.74, 6) is -0.924. The summed E-state index contributed by atoms with van der Waals surface area (Å²) in [6.07, 6.45) is 0.847. The molecule has 1 aromatic rings. The molecule has 30 heavy (non-hydrogen) atoms. The maximum absolute atomic E-state index is 12.8. The molecule has 0 radical (unpaired) electrons. The first kappa shape index (κ1) is 22.5. The number of sulfone groups is 2. The number of piperidine rings is 1. The highest BCUT2D eigenvalue weighted by molar-refractivity contribution is 7.96. The van der Waals surface area contributed by atoms with E-state index in [0.717, 1.165) is 0 Å². The Hall–Kier alpha value is -2.14. The Balaban J connectivity index is 1.64. The summed E-state index contributed by atoms with van der Waals surface area (Å²) in [7, 11) is -7.18. The molecule has 1 N–H and O–H groups in total. The smallest absolute Gasteiger partial charge is 0.409 e. The standard InChI is InChI=1S/C19H26N2O7S2/c1-2-28-19(23)21-9-6-15(7-10-21)20-18(22)14-4-3-5-16(12-14)30(26,27)17-8-11-29(24,25)13-17/h3-5,12,15,17H,2,6-11,13H2,1H3,(H,20,22)/t17-/m1/s1. The van der Waals surface area contributed by atoms with Crippen molar-refractivity contribution in [3.05, 3.63) is 29.8 Å². The van der Waals surface area contributed by atoms with Gasteiger partial charge in [-0.1, -0.05) is 6.07 Å². The first-order valence-corrected chi connectivity index (χ1v) is 13.3. The van der Waals surface area contributed by atoms with Crippen LogP contribution in [0.5, 0.6) is 0 Å². The predicted octanol–water partition coefficient (Wildman–Crippen LogP) is 0.998. The number of amides is 2. The van der Waals surface area contributed by atoms with Gasteiger partial charge in [0.1, 0.15) is 0 Å². The number of nitrogens with zero attached hydrogens (tertiary/aromatic N) is 1. The molecule has 0 aromatic heterocycles. The van der Waals surface area contributed by atoms with E-state index in [2.05, 4.69) is 5.32 Å². The van der Waals surface area contributed by atoms with Crippen molar-refractivity contribution in [2.24, 2.45) is 0 Å². The molecule has 3 rings (SSSR count). The molecular formula is C19H26N2O7S2. The fourth-order valence-electron chi connectivity index (χ4n) is 3.70. The summed E-state index contributed by atoms with van der Waals surface area (Å²) in [5.41, 5.74) is 0.199. The van der Waals surface area contributed by atoms with Crippen LogP contribution < -0.4 is 5.32 Å². The van der Waals surface area contributed by atoms with E-state index < -0.39 is 30.8 Å². The van der Waals surface area contributed by atoms with Crippen LogP contribution in [0.25, 0.3) is 0 Å². The Labute approximate surface area is 176 Å². The van der Waals surface area contributed by atoms with E-state index in [1.807, 2.05) is 0 Å². The number of benzene rings is 1. The Morgan fingerprint density at radius 3 is 2.50 bits per heavy atom. The molecule has 2 fully saturated rings. The quantitative estimate of drug-likeness (QED) is 0.697. The Bertz CT molecular complexity index is 1010. The molecule has 0 bridgehead atoms. The minimum atomic E-state index is -3.84. The zero-order valence-corrected chi connectivity index (χ0v) is 18.4. The van der Waals surface area contributed by atoms with E-state index in [0.29, 0.717) is 32.5 Å². The van der Waals surface area contributed by atoms with Gasteiger partial charge in [0.2, 0.25) is 0 Å². The summed E-state index contributed by atoms with van der Waals surface area (Å²) in [6, 6.07) is 5.55. The van der Waals surface area contributed by atoms with E-state index in [9.17, 15) is 26.4 Å². The second-order valence-corrected chi connectivity index (χ2v) is 12.0. The first-order valence-electron chi connectivity index (χ1n) is 9.89. The molecule has 2 amide bonds. The highest BCUT2D eigenvalue weighted by Crippen LogP contribution is 2.26. The molecule has 2 aliphatic rings. The maximum atomic E-state index is 12.8. The number of carbonyl (C=O) groups excluding carboxylic acids is 2. The third-order valence-electron chi connectivity index (χ3n) is 5.41. The van der Waals surface area contributed by atoms with Crippen LogP contribution in [-0.2, 0) is 24.4 Å². The predicted molar refractivity (Wildman–Crippen MR) is 110 cm³/mol. The first-order chi connectivity index (χ1) is 14.1. The number of carbonyl (C=O) groups is 2. The van der Waals surface area contributed by atoms with Crippen LogP contribution >= 0.6 is 0 Å². The van der Waals surface area contributed by atoms with Crippen LogP contribution in [0.4, 0.5) is 4.79 Å². The van der Waals surface area contributed by atoms with Crippen molar-refractivity contribution in [1.29, 1.82) is 0 Å². The van der Waals surface area contributed by atoms with Crippen LogP contribution in [0, 0.1) is 0 Å². The van der Waals surface area contributed by atoms with Crippen molar-refractivity contribution >= 4 is 31.7 Å². The van der Waals surface area contributed by atoms with Crippen molar-refractivity contribution < 1.29 is 31.2 Å². The van der Waals surface area contributed by atoms with Gasteiger partial charge in [-0.3, -0.25) is 4.79 Å². The number of likely N-dealkylation sites (tertiary alicyclic amines) is 1. The van der Waals surface area contributed by atoms with E-state index in [1.54, 1.807) is 11.8 Å². The molecule has 2 heterocycles. The molecule has 0 saturated carbocycles. The highest BCUT2D eigenvalue weighted by Gasteiger charge is 2.38. The maximum Gasteiger partial charge on any atom is 0.409 e. The van der Waals surface area contributed by atoms with E-state index >= 15 is 0 Å². The van der Waals surface area contributed by atoms with Gasteiger partial charge in [-0.15, -0.1) is 0 Å². The molecular weight excluding hydrogens is 432 g/mol. The second kappa shape index (κ2) is 8.93. The zero-order valence-electron chi connectivity index (χ0n) is 16.7. The normalized spacial score (nSPS) is 21.9. The van der Waals surface area contributed by atoms with Crippen molar-refractivity contribution in [2.75, 3.05) is 31.2 Å². The van der Waals surface area contributed by atoms with Crippen LogP contribution in [0.2, 0.25) is 0 Å². The van der Waals surface area contributed by atoms with Gasteiger partial charge in [0.25, 0.3) is 5.91 Å². The average Bonchev–Trinajstić information content (AvgIpc) is 3.09. The van der Waals surface area contributed by atoms with Gasteiger partial charge >= 0.3 is 6.09 Å². The Kier molecular flexibility index (Phi) is 6.71. The third-order valence-corrected chi connectivity index (χ3v) is 9.58. The van der Waals surface area contributed by atoms with Crippen molar-refractivity contribution in [3.8, 4) is 0 Å². The van der Waals surface area contributed by atoms with Crippen LogP contribution in [0.3, 0.4) is 0 Å². The van der Waals surface area contributed by atoms with Gasteiger partial charge in [0, 0.05) is 24.7 Å². The minimum Gasteiger partial charge on any atom is -0.450 e. The zero-order chi connectivity index (χ0) is 21.9. The summed E-state index contributed by atoms with van der Waals surface area (Å²) < 4.78 is 53.9. The summed E-state index contributed by atoms with van der Waals surface area (Å²) in [4.78, 5) is 25.9. The number of rotatable bonds is 5. The van der Waals surface area contributed by atoms with Crippen LogP contribution in [0.15, 0.2) is 29.2 Å². The average molecular weight is 459 g/mol. The molecule has 1 atom stereocenters. The van der Waals surface area contributed by atoms with Gasteiger partial charge < -0.3 is 15.0 Å². The lowest BCUT2D eigenvalue weighted by atomic mass is 10.0. The number of hydrogen-bond donors (Lipinski definition) is 1. The van der Waals surface area contributed by atoms with Crippen LogP contribution in [0.1, 0.15) is 36.5 Å². The van der Waals surface area contributed by atoms with E-state index in [4.69, 9.17) is 4.74 Å². The fourth-order valence-corrected chi connectivity index (χ4v) is 8.11. The third kappa shape index (κ3) is 5.12. The fraction of sp³-hybridized carbons (Fsp3) is 0.579. The molecule has 2 saturated heterocycles. The largest absolute Gasteiger partial charge is 0.450 e. The van der Waals surface area contributed by atoms with Gasteiger partial charge in [0.15, 0.2) is 19.7 Å². The van der Waals surface area contributed by atoms with E-state index in [-0.39, 0.29) is 40.5 Å². The van der Waals surface area contributed by atoms with Gasteiger partial charge in [-0.2, -0.15) is 0 Å². The van der Waals surface area contributed by atoms with Crippen molar-refractivity contribution in [1.82, 2.24) is 10.2 Å². The molecule has 1 aromatic carbocycles. The minimum absolute atomic E-state index is 0.0469. The summed E-state index contributed by atoms with van der Waals surface area (Å²) in [6.45, 7) is 2.98. The van der Waals surface area contributed by atoms with Crippen molar-refractivity contribution in [2.45, 2.75) is 42.4 Å². The second-order valence-electron chi connectivity index (χ2n) is 7.53. The molecule has 9 nitrogen and oxygen atoms in total. The van der Waals surface area contributed by atoms with Crippen LogP contribution in [-0.4, -0.2) is 76.2 Å². The SMILES string of the molecule is CCOC(=O)N1CCC(NC(=O)c2cccc(S(=O)(=O)[C@@H]3CCS(=O)(=O)C3)c2)CC1. The monoisotopic (exact) mass is 458 g/mol. The molecule has 0 aliphatic carbocycles. The molecule has 11 heteroatoms. The summed E-state index contributed by atoms with van der Waals surface area (Å²) >= 11 is 0. The van der Waals surface area contributed by atoms with Gasteiger partial charge in [-0.25, -0.2) is 21.6 Å². The molecule has 0 spiro atoms. The highest BCUT2D eigenvalue weighted by atomic mass is 32.2. The lowest BCUT2D eigenvalue weighted by Crippen LogP contribution is -2.46.